The van der Waals surface area contributed by atoms with Crippen molar-refractivity contribution in [2.75, 3.05) is 19.5 Å². The molecule has 0 bridgehead atoms. The predicted molar refractivity (Wildman–Crippen MR) is 94.3 cm³/mol. The molecule has 1 atom stereocenters. The van der Waals surface area contributed by atoms with Crippen LogP contribution in [-0.2, 0) is 6.61 Å². The Bertz CT molecular complexity index is 668. The van der Waals surface area contributed by atoms with Crippen LogP contribution in [-0.4, -0.2) is 23.9 Å². The first-order valence-corrected chi connectivity index (χ1v) is 7.94. The average Bonchev–Trinajstić information content (AvgIpc) is 2.59. The van der Waals surface area contributed by atoms with Crippen molar-refractivity contribution in [3.63, 3.8) is 0 Å². The van der Waals surface area contributed by atoms with Crippen LogP contribution in [0, 0.1) is 0 Å². The van der Waals surface area contributed by atoms with Gasteiger partial charge in [-0.15, -0.1) is 0 Å². The van der Waals surface area contributed by atoms with Crippen LogP contribution in [0.15, 0.2) is 36.4 Å². The minimum absolute atomic E-state index is 0.0556. The molecule has 0 aliphatic carbocycles. The monoisotopic (exact) mass is 331 g/mol. The fourth-order valence-electron chi connectivity index (χ4n) is 2.44. The number of anilines is 1. The fraction of sp³-hybridized carbons (Fsp3) is 0.368. The van der Waals surface area contributed by atoms with Gasteiger partial charge in [0.15, 0.2) is 11.5 Å². The van der Waals surface area contributed by atoms with Crippen LogP contribution in [0.4, 0.5) is 5.69 Å². The Kier molecular flexibility index (Phi) is 6.06. The molecule has 5 nitrogen and oxygen atoms in total. The number of aliphatic hydroxyl groups is 2. The third kappa shape index (κ3) is 4.19. The molecule has 0 heterocycles. The molecule has 0 saturated carbocycles. The predicted octanol–water partition coefficient (Wildman–Crippen LogP) is 3.01. The highest BCUT2D eigenvalue weighted by Crippen LogP contribution is 2.35. The molecule has 2 aromatic carbocycles. The van der Waals surface area contributed by atoms with Crippen molar-refractivity contribution in [3.8, 4) is 11.5 Å². The highest BCUT2D eigenvalue weighted by Gasteiger charge is 2.15. The molecule has 2 rings (SSSR count). The minimum Gasteiger partial charge on any atom is -0.493 e. The number of hydrogen-bond acceptors (Lipinski definition) is 5. The van der Waals surface area contributed by atoms with Crippen LogP contribution in [0.1, 0.15) is 42.6 Å². The van der Waals surface area contributed by atoms with E-state index in [9.17, 15) is 10.2 Å². The van der Waals surface area contributed by atoms with Gasteiger partial charge in [-0.2, -0.15) is 0 Å². The van der Waals surface area contributed by atoms with Crippen LogP contribution in [0.25, 0.3) is 0 Å². The molecular formula is C19H25NO4. The van der Waals surface area contributed by atoms with Gasteiger partial charge in [-0.1, -0.05) is 38.1 Å². The summed E-state index contributed by atoms with van der Waals surface area (Å²) in [5.74, 6) is 1.25. The van der Waals surface area contributed by atoms with E-state index < -0.39 is 6.10 Å². The molecule has 130 valence electrons. The fourth-order valence-corrected chi connectivity index (χ4v) is 2.44. The summed E-state index contributed by atoms with van der Waals surface area (Å²) in [6, 6.07) is 11.1. The summed E-state index contributed by atoms with van der Waals surface area (Å²) >= 11 is 0. The third-order valence-electron chi connectivity index (χ3n) is 3.92. The summed E-state index contributed by atoms with van der Waals surface area (Å²) in [5.41, 5.74) is 8.96. The molecule has 5 heteroatoms. The van der Waals surface area contributed by atoms with Crippen molar-refractivity contribution < 1.29 is 19.7 Å². The second-order valence-corrected chi connectivity index (χ2v) is 6.02. The van der Waals surface area contributed by atoms with E-state index in [0.29, 0.717) is 28.7 Å². The molecule has 0 saturated heterocycles. The average molecular weight is 331 g/mol. The van der Waals surface area contributed by atoms with Gasteiger partial charge in [-0.3, -0.25) is 0 Å². The Morgan fingerprint density at radius 2 is 1.71 bits per heavy atom. The lowest BCUT2D eigenvalue weighted by molar-refractivity contribution is 0.107. The summed E-state index contributed by atoms with van der Waals surface area (Å²) in [4.78, 5) is 0. The van der Waals surface area contributed by atoms with E-state index in [-0.39, 0.29) is 13.2 Å². The topological polar surface area (TPSA) is 84.9 Å². The lowest BCUT2D eigenvalue weighted by Gasteiger charge is -2.17. The molecule has 4 N–H and O–H groups in total. The number of benzene rings is 2. The van der Waals surface area contributed by atoms with Crippen molar-refractivity contribution in [2.45, 2.75) is 32.5 Å². The van der Waals surface area contributed by atoms with Crippen molar-refractivity contribution in [1.29, 1.82) is 0 Å². The maximum atomic E-state index is 10.3. The van der Waals surface area contributed by atoms with Crippen LogP contribution < -0.4 is 15.2 Å². The van der Waals surface area contributed by atoms with Gasteiger partial charge in [0.05, 0.1) is 19.4 Å². The van der Waals surface area contributed by atoms with Gasteiger partial charge < -0.3 is 25.4 Å². The number of nitrogens with two attached hydrogens (primary N) is 1. The Labute approximate surface area is 142 Å². The van der Waals surface area contributed by atoms with Gasteiger partial charge in [0.1, 0.15) is 12.7 Å². The Balaban J connectivity index is 2.09. The summed E-state index contributed by atoms with van der Waals surface area (Å²) in [6.07, 6.45) is -0.771. The molecule has 0 aliphatic heterocycles. The smallest absolute Gasteiger partial charge is 0.184 e. The lowest BCUT2D eigenvalue weighted by atomic mass is 10.0. The second-order valence-electron chi connectivity index (χ2n) is 6.02. The number of ether oxygens (including phenoxy) is 2. The maximum absolute atomic E-state index is 10.3. The zero-order valence-corrected chi connectivity index (χ0v) is 14.3. The van der Waals surface area contributed by atoms with Gasteiger partial charge >= 0.3 is 0 Å². The highest BCUT2D eigenvalue weighted by molar-refractivity contribution is 5.62. The zero-order valence-electron chi connectivity index (χ0n) is 14.3. The normalized spacial score (nSPS) is 12.2. The number of rotatable bonds is 7. The number of nitrogen functional groups attached to an aromatic ring is 1. The minimum atomic E-state index is -0.771. The first-order chi connectivity index (χ1) is 11.5. The van der Waals surface area contributed by atoms with Gasteiger partial charge in [0, 0.05) is 0 Å². The Morgan fingerprint density at radius 3 is 2.25 bits per heavy atom. The van der Waals surface area contributed by atoms with E-state index in [1.807, 2.05) is 24.3 Å². The first-order valence-electron chi connectivity index (χ1n) is 7.94. The third-order valence-corrected chi connectivity index (χ3v) is 3.92. The van der Waals surface area contributed by atoms with E-state index in [4.69, 9.17) is 15.2 Å². The van der Waals surface area contributed by atoms with Gasteiger partial charge in [-0.25, -0.2) is 0 Å². The van der Waals surface area contributed by atoms with E-state index in [1.54, 1.807) is 12.1 Å². The summed E-state index contributed by atoms with van der Waals surface area (Å²) < 4.78 is 10.9. The lowest BCUT2D eigenvalue weighted by Crippen LogP contribution is -2.11. The Morgan fingerprint density at radius 1 is 1.08 bits per heavy atom. The van der Waals surface area contributed by atoms with Gasteiger partial charge in [0.25, 0.3) is 0 Å². The summed E-state index contributed by atoms with van der Waals surface area (Å²) in [6.45, 7) is 4.17. The molecule has 2 aromatic rings. The van der Waals surface area contributed by atoms with Crippen molar-refractivity contribution in [2.24, 2.45) is 0 Å². The van der Waals surface area contributed by atoms with Crippen molar-refractivity contribution in [1.82, 2.24) is 0 Å². The zero-order chi connectivity index (χ0) is 17.7. The van der Waals surface area contributed by atoms with E-state index in [2.05, 4.69) is 13.8 Å². The maximum Gasteiger partial charge on any atom is 0.184 e. The second kappa shape index (κ2) is 8.04. The van der Waals surface area contributed by atoms with Crippen LogP contribution in [0.5, 0.6) is 11.5 Å². The molecule has 0 aromatic heterocycles. The van der Waals surface area contributed by atoms with Gasteiger partial charge in [-0.05, 0) is 34.7 Å². The molecule has 1 unspecified atom stereocenters. The van der Waals surface area contributed by atoms with Crippen molar-refractivity contribution >= 4 is 5.69 Å². The molecule has 0 radical (unpaired) electrons. The largest absolute Gasteiger partial charge is 0.493 e. The summed E-state index contributed by atoms with van der Waals surface area (Å²) in [5, 5.41) is 19.5. The number of methoxy groups -OCH3 is 1. The molecule has 0 fully saturated rings. The first kappa shape index (κ1) is 18.1. The van der Waals surface area contributed by atoms with E-state index in [0.717, 1.165) is 5.56 Å². The molecule has 0 aliphatic rings. The number of aliphatic hydroxyl groups excluding tert-OH is 2. The molecular weight excluding hydrogens is 306 g/mol. The van der Waals surface area contributed by atoms with Crippen LogP contribution in [0.3, 0.4) is 0 Å². The summed E-state index contributed by atoms with van der Waals surface area (Å²) in [7, 11) is 1.50. The van der Waals surface area contributed by atoms with Crippen molar-refractivity contribution in [3.05, 3.63) is 53.1 Å². The molecule has 0 spiro atoms. The van der Waals surface area contributed by atoms with Gasteiger partial charge in [0.2, 0.25) is 0 Å². The Hall–Kier alpha value is -2.24. The SMILES string of the molecule is COc1cc(CO)cc(N)c1OCC(O)c1ccc(C(C)C)cc1. The molecule has 24 heavy (non-hydrogen) atoms. The van der Waals surface area contributed by atoms with Crippen LogP contribution >= 0.6 is 0 Å². The quantitative estimate of drug-likeness (QED) is 0.679. The van der Waals surface area contributed by atoms with E-state index in [1.165, 1.54) is 12.7 Å². The van der Waals surface area contributed by atoms with Crippen LogP contribution in [0.2, 0.25) is 0 Å². The molecule has 0 amide bonds. The highest BCUT2D eigenvalue weighted by atomic mass is 16.5. The van der Waals surface area contributed by atoms with E-state index >= 15 is 0 Å². The number of hydrogen-bond donors (Lipinski definition) is 3. The standard InChI is InChI=1S/C19H25NO4/c1-12(2)14-4-6-15(7-5-14)17(22)11-24-19-16(20)8-13(10-21)9-18(19)23-3/h4-9,12,17,21-22H,10-11,20H2,1-3H3.